The van der Waals surface area contributed by atoms with Crippen LogP contribution in [-0.4, -0.2) is 38.2 Å². The lowest BCUT2D eigenvalue weighted by Crippen LogP contribution is -2.09. The summed E-state index contributed by atoms with van der Waals surface area (Å²) in [5, 5.41) is 9.80. The fourth-order valence-electron chi connectivity index (χ4n) is 2.83. The molecule has 0 aliphatic carbocycles. The Hall–Kier alpha value is -1.09. The minimum absolute atomic E-state index is 0.368. The molecule has 2 aromatic heterocycles. The molecule has 1 unspecified atom stereocenters. The van der Waals surface area contributed by atoms with E-state index in [1.54, 1.807) is 34.9 Å². The molecule has 8 heteroatoms. The molecule has 1 aliphatic heterocycles. The second kappa shape index (κ2) is 8.07. The Morgan fingerprint density at radius 3 is 3.00 bits per heavy atom. The lowest BCUT2D eigenvalue weighted by atomic mass is 10.3. The van der Waals surface area contributed by atoms with Crippen molar-refractivity contribution in [1.82, 2.24) is 19.7 Å². The van der Waals surface area contributed by atoms with Crippen molar-refractivity contribution >= 4 is 45.1 Å². The van der Waals surface area contributed by atoms with Crippen LogP contribution in [0.3, 0.4) is 0 Å². The highest BCUT2D eigenvalue weighted by molar-refractivity contribution is 8.00. The van der Waals surface area contributed by atoms with Gasteiger partial charge in [0.1, 0.15) is 5.82 Å². The van der Waals surface area contributed by atoms with Gasteiger partial charge in [-0.2, -0.15) is 0 Å². The fraction of sp³-hybridized carbons (Fsp3) is 0.471. The maximum absolute atomic E-state index is 5.70. The number of fused-ring (bicyclic) bond motifs is 1. The van der Waals surface area contributed by atoms with Gasteiger partial charge in [0.05, 0.1) is 22.1 Å². The number of para-hydroxylation sites is 1. The van der Waals surface area contributed by atoms with Crippen LogP contribution in [-0.2, 0) is 17.0 Å². The summed E-state index contributed by atoms with van der Waals surface area (Å²) < 4.78 is 10.2. The van der Waals surface area contributed by atoms with Gasteiger partial charge in [0.15, 0.2) is 9.50 Å². The molecule has 0 amide bonds. The molecule has 1 fully saturated rings. The monoisotopic (exact) mass is 392 g/mol. The molecule has 5 nitrogen and oxygen atoms in total. The van der Waals surface area contributed by atoms with Crippen molar-refractivity contribution in [2.24, 2.45) is 0 Å². The average molecular weight is 393 g/mol. The molecular weight excluding hydrogens is 372 g/mol. The summed E-state index contributed by atoms with van der Waals surface area (Å²) in [7, 11) is 0. The van der Waals surface area contributed by atoms with Gasteiger partial charge in [-0.25, -0.2) is 4.98 Å². The largest absolute Gasteiger partial charge is 0.377 e. The number of ether oxygens (including phenoxy) is 1. The zero-order valence-electron chi connectivity index (χ0n) is 14.1. The molecule has 3 aromatic rings. The highest BCUT2D eigenvalue weighted by Crippen LogP contribution is 2.32. The van der Waals surface area contributed by atoms with Gasteiger partial charge in [-0.05, 0) is 31.9 Å². The van der Waals surface area contributed by atoms with Crippen LogP contribution < -0.4 is 0 Å². The van der Waals surface area contributed by atoms with E-state index in [1.807, 2.05) is 6.07 Å². The third-order valence-electron chi connectivity index (χ3n) is 4.13. The third-order valence-corrected chi connectivity index (χ3v) is 7.41. The summed E-state index contributed by atoms with van der Waals surface area (Å²) in [6.45, 7) is 3.93. The normalized spacial score (nSPS) is 17.6. The van der Waals surface area contributed by atoms with Crippen molar-refractivity contribution in [2.45, 2.75) is 47.7 Å². The van der Waals surface area contributed by atoms with Crippen LogP contribution in [0.4, 0.5) is 0 Å². The van der Waals surface area contributed by atoms with Crippen LogP contribution in [0.2, 0.25) is 0 Å². The summed E-state index contributed by atoms with van der Waals surface area (Å²) in [6.07, 6.45) is 2.70. The first-order valence-corrected chi connectivity index (χ1v) is 11.3. The first-order chi connectivity index (χ1) is 12.3. The molecule has 4 rings (SSSR count). The van der Waals surface area contributed by atoms with Gasteiger partial charge in [0.2, 0.25) is 0 Å². The van der Waals surface area contributed by atoms with E-state index in [-0.39, 0.29) is 0 Å². The summed E-state index contributed by atoms with van der Waals surface area (Å²) in [5.41, 5.74) is 1.07. The Kier molecular flexibility index (Phi) is 5.60. The second-order valence-corrected chi connectivity index (χ2v) is 9.07. The van der Waals surface area contributed by atoms with E-state index in [9.17, 15) is 0 Å². The number of thiazole rings is 1. The predicted molar refractivity (Wildman–Crippen MR) is 105 cm³/mol. The summed E-state index contributed by atoms with van der Waals surface area (Å²) >= 11 is 5.23. The van der Waals surface area contributed by atoms with Gasteiger partial charge in [-0.1, -0.05) is 35.7 Å². The van der Waals surface area contributed by atoms with Gasteiger partial charge in [0.25, 0.3) is 0 Å². The van der Waals surface area contributed by atoms with Crippen LogP contribution in [0, 0.1) is 0 Å². The number of aromatic nitrogens is 4. The summed E-state index contributed by atoms with van der Waals surface area (Å²) in [6, 6.07) is 8.26. The standard InChI is InChI=1S/C17H20N4OS3/c1-2-21-15(19-20-16(21)23-10-12-6-5-9-22-12)11-24-17-18-13-7-3-4-8-14(13)25-17/h3-4,7-8,12H,2,5-6,9-11H2,1H3. The zero-order chi connectivity index (χ0) is 17.1. The Morgan fingerprint density at radius 1 is 1.28 bits per heavy atom. The zero-order valence-corrected chi connectivity index (χ0v) is 16.5. The molecular formula is C17H20N4OS3. The van der Waals surface area contributed by atoms with E-state index >= 15 is 0 Å². The van der Waals surface area contributed by atoms with Crippen LogP contribution >= 0.6 is 34.9 Å². The van der Waals surface area contributed by atoms with Gasteiger partial charge in [-0.15, -0.1) is 21.5 Å². The smallest absolute Gasteiger partial charge is 0.191 e. The van der Waals surface area contributed by atoms with Crippen molar-refractivity contribution in [3.05, 3.63) is 30.1 Å². The molecule has 3 heterocycles. The number of hydrogen-bond acceptors (Lipinski definition) is 7. The van der Waals surface area contributed by atoms with Crippen LogP contribution in [0.1, 0.15) is 25.6 Å². The number of hydrogen-bond donors (Lipinski definition) is 0. The van der Waals surface area contributed by atoms with Gasteiger partial charge in [-0.3, -0.25) is 0 Å². The fourth-order valence-corrected chi connectivity index (χ4v) is 5.93. The quantitative estimate of drug-likeness (QED) is 0.553. The lowest BCUT2D eigenvalue weighted by Gasteiger charge is -2.09. The van der Waals surface area contributed by atoms with Gasteiger partial charge >= 0.3 is 0 Å². The summed E-state index contributed by atoms with van der Waals surface area (Å²) in [5.74, 6) is 2.77. The SMILES string of the molecule is CCn1c(CSc2nc3ccccc3s2)nnc1SCC1CCCO1. The van der Waals surface area contributed by atoms with E-state index in [0.29, 0.717) is 6.10 Å². The van der Waals surface area contributed by atoms with E-state index in [4.69, 9.17) is 4.74 Å². The third kappa shape index (κ3) is 4.02. The molecule has 132 valence electrons. The highest BCUT2D eigenvalue weighted by Gasteiger charge is 2.18. The maximum Gasteiger partial charge on any atom is 0.191 e. The number of nitrogens with zero attached hydrogens (tertiary/aromatic N) is 4. The maximum atomic E-state index is 5.70. The van der Waals surface area contributed by atoms with Crippen molar-refractivity contribution in [3.63, 3.8) is 0 Å². The number of thioether (sulfide) groups is 2. The van der Waals surface area contributed by atoms with Crippen LogP contribution in [0.15, 0.2) is 33.8 Å². The number of benzene rings is 1. The second-order valence-electron chi connectivity index (χ2n) is 5.83. The Morgan fingerprint density at radius 2 is 2.20 bits per heavy atom. The van der Waals surface area contributed by atoms with Crippen molar-refractivity contribution in [3.8, 4) is 0 Å². The van der Waals surface area contributed by atoms with E-state index in [2.05, 4.69) is 44.9 Å². The van der Waals surface area contributed by atoms with Crippen molar-refractivity contribution < 1.29 is 4.74 Å². The van der Waals surface area contributed by atoms with Crippen molar-refractivity contribution in [2.75, 3.05) is 12.4 Å². The molecule has 1 aromatic carbocycles. The molecule has 0 saturated carbocycles. The molecule has 1 aliphatic rings. The topological polar surface area (TPSA) is 52.8 Å². The van der Waals surface area contributed by atoms with Crippen molar-refractivity contribution in [1.29, 1.82) is 0 Å². The predicted octanol–water partition coefficient (Wildman–Crippen LogP) is 4.47. The molecule has 0 radical (unpaired) electrons. The number of rotatable bonds is 7. The van der Waals surface area contributed by atoms with Crippen LogP contribution in [0.5, 0.6) is 0 Å². The Balaban J connectivity index is 1.41. The summed E-state index contributed by atoms with van der Waals surface area (Å²) in [4.78, 5) is 4.68. The van der Waals surface area contributed by atoms with Gasteiger partial charge < -0.3 is 9.30 Å². The molecule has 0 spiro atoms. The Bertz CT molecular complexity index is 808. The minimum Gasteiger partial charge on any atom is -0.377 e. The van der Waals surface area contributed by atoms with E-state index in [1.165, 1.54) is 11.1 Å². The van der Waals surface area contributed by atoms with E-state index < -0.39 is 0 Å². The lowest BCUT2D eigenvalue weighted by molar-refractivity contribution is 0.129. The molecule has 0 N–H and O–H groups in total. The van der Waals surface area contributed by atoms with Crippen LogP contribution in [0.25, 0.3) is 10.2 Å². The average Bonchev–Trinajstić information content (AvgIpc) is 3.36. The van der Waals surface area contributed by atoms with Gasteiger partial charge in [0, 0.05) is 18.9 Å². The molecule has 0 bridgehead atoms. The Labute approximate surface area is 159 Å². The molecule has 1 atom stereocenters. The molecule has 1 saturated heterocycles. The molecule has 25 heavy (non-hydrogen) atoms. The first-order valence-electron chi connectivity index (χ1n) is 8.48. The van der Waals surface area contributed by atoms with E-state index in [0.717, 1.165) is 51.9 Å². The highest BCUT2D eigenvalue weighted by atomic mass is 32.2. The first kappa shape index (κ1) is 17.3. The minimum atomic E-state index is 0.368.